The minimum Gasteiger partial charge on any atom is -0.322 e. The van der Waals surface area contributed by atoms with Gasteiger partial charge in [0.1, 0.15) is 5.01 Å². The van der Waals surface area contributed by atoms with E-state index in [9.17, 15) is 4.79 Å². The second-order valence-corrected chi connectivity index (χ2v) is 8.10. The molecule has 1 amide bonds. The molecular formula is C22H18N2OS2. The highest BCUT2D eigenvalue weighted by Crippen LogP contribution is 2.31. The van der Waals surface area contributed by atoms with E-state index in [1.165, 1.54) is 10.3 Å². The Balaban J connectivity index is 1.55. The highest BCUT2D eigenvalue weighted by molar-refractivity contribution is 7.98. The Bertz CT molecular complexity index is 1120. The van der Waals surface area contributed by atoms with Crippen LogP contribution in [-0.2, 0) is 0 Å². The molecule has 0 saturated heterocycles. The molecule has 0 atom stereocenters. The topological polar surface area (TPSA) is 42.0 Å². The van der Waals surface area contributed by atoms with Crippen LogP contribution < -0.4 is 5.32 Å². The number of rotatable bonds is 4. The molecule has 0 unspecified atom stereocenters. The van der Waals surface area contributed by atoms with E-state index >= 15 is 0 Å². The number of thiazole rings is 1. The van der Waals surface area contributed by atoms with Gasteiger partial charge in [-0.1, -0.05) is 18.2 Å². The summed E-state index contributed by atoms with van der Waals surface area (Å²) in [6, 6.07) is 21.8. The quantitative estimate of drug-likeness (QED) is 0.419. The van der Waals surface area contributed by atoms with Crippen molar-refractivity contribution in [1.29, 1.82) is 0 Å². The van der Waals surface area contributed by atoms with E-state index < -0.39 is 0 Å². The molecule has 1 N–H and O–H groups in total. The normalized spacial score (nSPS) is 10.9. The second kappa shape index (κ2) is 7.55. The van der Waals surface area contributed by atoms with Gasteiger partial charge >= 0.3 is 0 Å². The summed E-state index contributed by atoms with van der Waals surface area (Å²) in [6.07, 6.45) is 1.97. The molecule has 0 spiro atoms. The van der Waals surface area contributed by atoms with Gasteiger partial charge in [0.2, 0.25) is 0 Å². The number of anilines is 1. The highest BCUT2D eigenvalue weighted by Gasteiger charge is 2.11. The first kappa shape index (κ1) is 17.8. The molecule has 134 valence electrons. The number of fused-ring (bicyclic) bond motifs is 1. The van der Waals surface area contributed by atoms with Gasteiger partial charge in [-0.25, -0.2) is 4.98 Å². The van der Waals surface area contributed by atoms with Crippen LogP contribution in [0.4, 0.5) is 5.69 Å². The minimum atomic E-state index is -0.0943. The number of aryl methyl sites for hydroxylation is 1. The van der Waals surface area contributed by atoms with Crippen LogP contribution in [0.25, 0.3) is 20.8 Å². The average molecular weight is 391 g/mol. The maximum Gasteiger partial charge on any atom is 0.256 e. The smallest absolute Gasteiger partial charge is 0.256 e. The fraction of sp³-hybridized carbons (Fsp3) is 0.0909. The van der Waals surface area contributed by atoms with Gasteiger partial charge in [0.25, 0.3) is 5.91 Å². The van der Waals surface area contributed by atoms with Crippen molar-refractivity contribution in [2.24, 2.45) is 0 Å². The van der Waals surface area contributed by atoms with Crippen molar-refractivity contribution in [2.45, 2.75) is 11.8 Å². The second-order valence-electron chi connectivity index (χ2n) is 6.22. The van der Waals surface area contributed by atoms with E-state index in [0.717, 1.165) is 26.7 Å². The molecule has 0 radical (unpaired) electrons. The zero-order valence-corrected chi connectivity index (χ0v) is 16.7. The number of benzene rings is 3. The molecule has 1 aromatic heterocycles. The first-order chi connectivity index (χ1) is 13.1. The van der Waals surface area contributed by atoms with E-state index in [-0.39, 0.29) is 5.91 Å². The number of hydrogen-bond acceptors (Lipinski definition) is 4. The molecule has 27 heavy (non-hydrogen) atoms. The van der Waals surface area contributed by atoms with E-state index in [4.69, 9.17) is 4.98 Å². The van der Waals surface area contributed by atoms with Crippen LogP contribution in [0.1, 0.15) is 15.9 Å². The maximum absolute atomic E-state index is 12.6. The standard InChI is InChI=1S/C22H18N2OS2/c1-14-7-12-18-20(13-14)27-22(24-18)15-8-10-16(11-9-15)23-21(25)17-5-3-4-6-19(17)26-2/h3-13H,1-2H3,(H,23,25). The molecule has 3 aromatic carbocycles. The van der Waals surface area contributed by atoms with Crippen LogP contribution in [0.5, 0.6) is 0 Å². The molecule has 4 aromatic rings. The van der Waals surface area contributed by atoms with Gasteiger partial charge in [-0.15, -0.1) is 23.1 Å². The molecule has 5 heteroatoms. The third-order valence-electron chi connectivity index (χ3n) is 4.29. The van der Waals surface area contributed by atoms with Crippen molar-refractivity contribution in [2.75, 3.05) is 11.6 Å². The Morgan fingerprint density at radius 3 is 2.59 bits per heavy atom. The fourth-order valence-corrected chi connectivity index (χ4v) is 4.55. The van der Waals surface area contributed by atoms with Crippen molar-refractivity contribution in [1.82, 2.24) is 4.98 Å². The van der Waals surface area contributed by atoms with Crippen molar-refractivity contribution < 1.29 is 4.79 Å². The summed E-state index contributed by atoms with van der Waals surface area (Å²) in [4.78, 5) is 18.2. The fourth-order valence-electron chi connectivity index (χ4n) is 2.88. The van der Waals surface area contributed by atoms with Crippen LogP contribution >= 0.6 is 23.1 Å². The SMILES string of the molecule is CSc1ccccc1C(=O)Nc1ccc(-c2nc3ccc(C)cc3s2)cc1. The summed E-state index contributed by atoms with van der Waals surface area (Å²) < 4.78 is 1.19. The first-order valence-corrected chi connectivity index (χ1v) is 10.6. The third-order valence-corrected chi connectivity index (χ3v) is 6.15. The van der Waals surface area contributed by atoms with Gasteiger partial charge in [0, 0.05) is 16.1 Å². The van der Waals surface area contributed by atoms with E-state index in [0.29, 0.717) is 5.56 Å². The minimum absolute atomic E-state index is 0.0943. The summed E-state index contributed by atoms with van der Waals surface area (Å²) in [5.41, 5.74) is 4.77. The molecule has 3 nitrogen and oxygen atoms in total. The Morgan fingerprint density at radius 2 is 1.81 bits per heavy atom. The van der Waals surface area contributed by atoms with Crippen LogP contribution in [-0.4, -0.2) is 17.1 Å². The molecule has 1 heterocycles. The van der Waals surface area contributed by atoms with Gasteiger partial charge in [-0.3, -0.25) is 4.79 Å². The van der Waals surface area contributed by atoms with E-state index in [2.05, 4.69) is 30.4 Å². The molecule has 0 aliphatic heterocycles. The molecule has 0 aliphatic rings. The molecular weight excluding hydrogens is 372 g/mol. The van der Waals surface area contributed by atoms with E-state index in [1.807, 2.05) is 54.8 Å². The van der Waals surface area contributed by atoms with Crippen molar-refractivity contribution in [3.05, 3.63) is 77.9 Å². The van der Waals surface area contributed by atoms with Crippen molar-refractivity contribution in [3.8, 4) is 10.6 Å². The lowest BCUT2D eigenvalue weighted by Crippen LogP contribution is -2.12. The van der Waals surface area contributed by atoms with Gasteiger partial charge < -0.3 is 5.32 Å². The average Bonchev–Trinajstić information content (AvgIpc) is 3.11. The number of nitrogens with one attached hydrogen (secondary N) is 1. The van der Waals surface area contributed by atoms with Crippen molar-refractivity contribution in [3.63, 3.8) is 0 Å². The molecule has 0 bridgehead atoms. The molecule has 0 saturated carbocycles. The number of nitrogens with zero attached hydrogens (tertiary/aromatic N) is 1. The van der Waals surface area contributed by atoms with Gasteiger partial charge in [0.15, 0.2) is 0 Å². The zero-order valence-electron chi connectivity index (χ0n) is 15.0. The summed E-state index contributed by atoms with van der Waals surface area (Å²) in [5, 5.41) is 3.96. The monoisotopic (exact) mass is 390 g/mol. The van der Waals surface area contributed by atoms with Gasteiger partial charge in [-0.05, 0) is 67.3 Å². The summed E-state index contributed by atoms with van der Waals surface area (Å²) in [6.45, 7) is 2.09. The number of thioether (sulfide) groups is 1. The molecule has 0 aliphatic carbocycles. The summed E-state index contributed by atoms with van der Waals surface area (Å²) in [7, 11) is 0. The van der Waals surface area contributed by atoms with E-state index in [1.54, 1.807) is 23.1 Å². The third kappa shape index (κ3) is 3.75. The summed E-state index contributed by atoms with van der Waals surface area (Å²) in [5.74, 6) is -0.0943. The Labute approximate surface area is 166 Å². The lowest BCUT2D eigenvalue weighted by atomic mass is 10.2. The van der Waals surface area contributed by atoms with Crippen molar-refractivity contribution >= 4 is 44.9 Å². The van der Waals surface area contributed by atoms with Crippen LogP contribution in [0.3, 0.4) is 0 Å². The predicted molar refractivity (Wildman–Crippen MR) is 116 cm³/mol. The lowest BCUT2D eigenvalue weighted by Gasteiger charge is -2.09. The Hall–Kier alpha value is -2.63. The lowest BCUT2D eigenvalue weighted by molar-refractivity contribution is 0.102. The Morgan fingerprint density at radius 1 is 1.04 bits per heavy atom. The summed E-state index contributed by atoms with van der Waals surface area (Å²) >= 11 is 3.25. The highest BCUT2D eigenvalue weighted by atomic mass is 32.2. The van der Waals surface area contributed by atoms with Crippen LogP contribution in [0.15, 0.2) is 71.6 Å². The number of carbonyl (C=O) groups excluding carboxylic acids is 1. The molecule has 0 fully saturated rings. The number of aromatic nitrogens is 1. The van der Waals surface area contributed by atoms with Crippen LogP contribution in [0, 0.1) is 6.92 Å². The largest absolute Gasteiger partial charge is 0.322 e. The predicted octanol–water partition coefficient (Wildman–Crippen LogP) is 6.25. The number of amides is 1. The van der Waals surface area contributed by atoms with Gasteiger partial charge in [-0.2, -0.15) is 0 Å². The van der Waals surface area contributed by atoms with Crippen LogP contribution in [0.2, 0.25) is 0 Å². The Kier molecular flexibility index (Phi) is 4.97. The number of carbonyl (C=O) groups is 1. The maximum atomic E-state index is 12.6. The number of hydrogen-bond donors (Lipinski definition) is 1. The zero-order chi connectivity index (χ0) is 18.8. The molecule has 4 rings (SSSR count). The first-order valence-electron chi connectivity index (χ1n) is 8.56. The van der Waals surface area contributed by atoms with Gasteiger partial charge in [0.05, 0.1) is 15.8 Å².